The highest BCUT2D eigenvalue weighted by molar-refractivity contribution is 7.15. The van der Waals surface area contributed by atoms with Gasteiger partial charge in [-0.1, -0.05) is 27.7 Å². The minimum absolute atomic E-state index is 0.687. The van der Waals surface area contributed by atoms with Gasteiger partial charge in [-0.2, -0.15) is 0 Å². The SMILES string of the molecule is CCNc1ncc(CN(CC(C)C)C(CC)CC)s1. The fraction of sp³-hybridized carbons (Fsp3) is 0.800. The van der Waals surface area contributed by atoms with Gasteiger partial charge >= 0.3 is 0 Å². The molecule has 0 aliphatic carbocycles. The third-order valence-electron chi connectivity index (χ3n) is 3.30. The number of aromatic nitrogens is 1. The van der Waals surface area contributed by atoms with Crippen molar-refractivity contribution in [2.24, 2.45) is 5.92 Å². The van der Waals surface area contributed by atoms with E-state index in [1.54, 1.807) is 11.3 Å². The van der Waals surface area contributed by atoms with Crippen LogP contribution in [0.1, 0.15) is 52.3 Å². The van der Waals surface area contributed by atoms with Crippen LogP contribution in [0.4, 0.5) is 5.13 Å². The minimum Gasteiger partial charge on any atom is -0.362 e. The van der Waals surface area contributed by atoms with Crippen LogP contribution in [0.2, 0.25) is 0 Å². The lowest BCUT2D eigenvalue weighted by molar-refractivity contribution is 0.159. The average molecular weight is 283 g/mol. The molecule has 0 saturated heterocycles. The highest BCUT2D eigenvalue weighted by atomic mass is 32.1. The van der Waals surface area contributed by atoms with Crippen molar-refractivity contribution in [1.29, 1.82) is 0 Å². The predicted octanol–water partition coefficient (Wildman–Crippen LogP) is 4.22. The van der Waals surface area contributed by atoms with Crippen LogP contribution in [0.15, 0.2) is 6.20 Å². The van der Waals surface area contributed by atoms with E-state index in [4.69, 9.17) is 0 Å². The van der Waals surface area contributed by atoms with Gasteiger partial charge in [-0.25, -0.2) is 4.98 Å². The second-order valence-corrected chi connectivity index (χ2v) is 6.57. The van der Waals surface area contributed by atoms with Gasteiger partial charge in [0.25, 0.3) is 0 Å². The lowest BCUT2D eigenvalue weighted by atomic mass is 10.1. The van der Waals surface area contributed by atoms with Crippen LogP contribution in [0.25, 0.3) is 0 Å². The molecule has 1 heterocycles. The lowest BCUT2D eigenvalue weighted by Crippen LogP contribution is -2.36. The Morgan fingerprint density at radius 2 is 1.95 bits per heavy atom. The Morgan fingerprint density at radius 1 is 1.26 bits per heavy atom. The Morgan fingerprint density at radius 3 is 2.47 bits per heavy atom. The molecule has 1 aromatic rings. The molecule has 1 rings (SSSR count). The molecular weight excluding hydrogens is 254 g/mol. The van der Waals surface area contributed by atoms with Crippen molar-refractivity contribution < 1.29 is 0 Å². The highest BCUT2D eigenvalue weighted by Gasteiger charge is 2.17. The number of nitrogens with zero attached hydrogens (tertiary/aromatic N) is 2. The van der Waals surface area contributed by atoms with Crippen LogP contribution in [0.3, 0.4) is 0 Å². The molecule has 0 atom stereocenters. The van der Waals surface area contributed by atoms with Crippen molar-refractivity contribution in [1.82, 2.24) is 9.88 Å². The molecule has 0 aliphatic rings. The molecule has 0 spiro atoms. The van der Waals surface area contributed by atoms with E-state index in [2.05, 4.69) is 49.8 Å². The van der Waals surface area contributed by atoms with Gasteiger partial charge in [0.15, 0.2) is 5.13 Å². The summed E-state index contributed by atoms with van der Waals surface area (Å²) in [6.45, 7) is 14.4. The first-order valence-electron chi connectivity index (χ1n) is 7.53. The quantitative estimate of drug-likeness (QED) is 0.735. The van der Waals surface area contributed by atoms with Crippen molar-refractivity contribution in [3.05, 3.63) is 11.1 Å². The van der Waals surface area contributed by atoms with E-state index in [-0.39, 0.29) is 0 Å². The Hall–Kier alpha value is -0.610. The van der Waals surface area contributed by atoms with E-state index in [1.807, 2.05) is 6.20 Å². The lowest BCUT2D eigenvalue weighted by Gasteiger charge is -2.31. The second kappa shape index (κ2) is 8.54. The first-order valence-corrected chi connectivity index (χ1v) is 8.34. The van der Waals surface area contributed by atoms with Crippen LogP contribution in [-0.2, 0) is 6.54 Å². The molecule has 0 aromatic carbocycles. The van der Waals surface area contributed by atoms with E-state index in [9.17, 15) is 0 Å². The summed E-state index contributed by atoms with van der Waals surface area (Å²) in [7, 11) is 0. The molecule has 0 aliphatic heterocycles. The van der Waals surface area contributed by atoms with Crippen LogP contribution >= 0.6 is 11.3 Å². The van der Waals surface area contributed by atoms with Crippen LogP contribution in [0, 0.1) is 5.92 Å². The number of anilines is 1. The Bertz CT molecular complexity index is 345. The first kappa shape index (κ1) is 16.4. The van der Waals surface area contributed by atoms with E-state index in [0.29, 0.717) is 12.0 Å². The average Bonchev–Trinajstić information content (AvgIpc) is 2.78. The Balaban J connectivity index is 2.69. The number of nitrogens with one attached hydrogen (secondary N) is 1. The highest BCUT2D eigenvalue weighted by Crippen LogP contribution is 2.22. The molecule has 0 bridgehead atoms. The van der Waals surface area contributed by atoms with E-state index in [0.717, 1.165) is 18.2 Å². The van der Waals surface area contributed by atoms with Crippen molar-refractivity contribution in [2.75, 3.05) is 18.4 Å². The van der Waals surface area contributed by atoms with Gasteiger partial charge in [0.05, 0.1) is 0 Å². The summed E-state index contributed by atoms with van der Waals surface area (Å²) < 4.78 is 0. The molecule has 1 N–H and O–H groups in total. The van der Waals surface area contributed by atoms with Gasteiger partial charge in [0.2, 0.25) is 0 Å². The Labute approximate surface area is 122 Å². The van der Waals surface area contributed by atoms with Gasteiger partial charge in [0.1, 0.15) is 0 Å². The van der Waals surface area contributed by atoms with Gasteiger partial charge < -0.3 is 5.32 Å². The molecular formula is C15H29N3S. The summed E-state index contributed by atoms with van der Waals surface area (Å²) in [4.78, 5) is 8.41. The maximum atomic E-state index is 4.43. The molecule has 1 aromatic heterocycles. The first-order chi connectivity index (χ1) is 9.10. The summed E-state index contributed by atoms with van der Waals surface area (Å²) >= 11 is 1.79. The summed E-state index contributed by atoms with van der Waals surface area (Å²) in [5.74, 6) is 0.710. The van der Waals surface area contributed by atoms with Gasteiger partial charge in [-0.3, -0.25) is 4.90 Å². The fourth-order valence-corrected chi connectivity index (χ4v) is 3.34. The zero-order valence-corrected chi connectivity index (χ0v) is 13.9. The normalized spacial score (nSPS) is 11.8. The van der Waals surface area contributed by atoms with Crippen LogP contribution < -0.4 is 5.32 Å². The van der Waals surface area contributed by atoms with Crippen LogP contribution in [-0.4, -0.2) is 29.0 Å². The van der Waals surface area contributed by atoms with Gasteiger partial charge in [0, 0.05) is 36.8 Å². The van der Waals surface area contributed by atoms with E-state index < -0.39 is 0 Å². The van der Waals surface area contributed by atoms with Gasteiger partial charge in [-0.05, 0) is 25.7 Å². The summed E-state index contributed by atoms with van der Waals surface area (Å²) in [5, 5.41) is 4.34. The van der Waals surface area contributed by atoms with Crippen molar-refractivity contribution in [3.8, 4) is 0 Å². The summed E-state index contributed by atoms with van der Waals surface area (Å²) in [6, 6.07) is 0.687. The molecule has 19 heavy (non-hydrogen) atoms. The molecule has 0 radical (unpaired) electrons. The molecule has 110 valence electrons. The maximum absolute atomic E-state index is 4.43. The van der Waals surface area contributed by atoms with Gasteiger partial charge in [-0.15, -0.1) is 11.3 Å². The predicted molar refractivity (Wildman–Crippen MR) is 85.9 cm³/mol. The Kier molecular flexibility index (Phi) is 7.39. The second-order valence-electron chi connectivity index (χ2n) is 5.46. The largest absolute Gasteiger partial charge is 0.362 e. The topological polar surface area (TPSA) is 28.2 Å². The number of hydrogen-bond acceptors (Lipinski definition) is 4. The molecule has 3 nitrogen and oxygen atoms in total. The maximum Gasteiger partial charge on any atom is 0.182 e. The zero-order chi connectivity index (χ0) is 14.3. The van der Waals surface area contributed by atoms with E-state index >= 15 is 0 Å². The van der Waals surface area contributed by atoms with Crippen molar-refractivity contribution in [3.63, 3.8) is 0 Å². The van der Waals surface area contributed by atoms with Crippen molar-refractivity contribution in [2.45, 2.75) is 60.0 Å². The number of thiazole rings is 1. The van der Waals surface area contributed by atoms with Crippen LogP contribution in [0.5, 0.6) is 0 Å². The third-order valence-corrected chi connectivity index (χ3v) is 4.24. The van der Waals surface area contributed by atoms with Crippen molar-refractivity contribution >= 4 is 16.5 Å². The number of rotatable bonds is 9. The zero-order valence-electron chi connectivity index (χ0n) is 13.1. The third kappa shape index (κ3) is 5.49. The smallest absolute Gasteiger partial charge is 0.182 e. The number of hydrogen-bond donors (Lipinski definition) is 1. The standard InChI is InChI=1S/C15H29N3S/c1-6-13(7-2)18(10-12(4)5)11-14-9-17-15(19-14)16-8-3/h9,12-13H,6-8,10-11H2,1-5H3,(H,16,17). The minimum atomic E-state index is 0.687. The fourth-order valence-electron chi connectivity index (χ4n) is 2.43. The molecule has 4 heteroatoms. The summed E-state index contributed by atoms with van der Waals surface area (Å²) in [6.07, 6.45) is 4.47. The monoisotopic (exact) mass is 283 g/mol. The molecule has 0 saturated carbocycles. The van der Waals surface area contributed by atoms with E-state index in [1.165, 1.54) is 24.3 Å². The molecule has 0 amide bonds. The summed E-state index contributed by atoms with van der Waals surface area (Å²) in [5.41, 5.74) is 0. The molecule has 0 fully saturated rings. The molecule has 0 unspecified atom stereocenters.